The van der Waals surface area contributed by atoms with Gasteiger partial charge in [0.05, 0.1) is 10.2 Å². The molecule has 1 fully saturated rings. The van der Waals surface area contributed by atoms with Crippen LogP contribution in [0.3, 0.4) is 0 Å². The van der Waals surface area contributed by atoms with Crippen LogP contribution in [-0.2, 0) is 4.74 Å². The lowest BCUT2D eigenvalue weighted by molar-refractivity contribution is 0.0491. The summed E-state index contributed by atoms with van der Waals surface area (Å²) in [5.41, 5.74) is 0.694. The van der Waals surface area contributed by atoms with Gasteiger partial charge in [-0.2, -0.15) is 0 Å². The normalized spacial score (nSPS) is 22.2. The molecule has 4 nitrogen and oxygen atoms in total. The van der Waals surface area contributed by atoms with Crippen LogP contribution >= 0.6 is 38.5 Å². The molecule has 0 saturated heterocycles. The second-order valence-corrected chi connectivity index (χ2v) is 8.64. The number of pyridine rings is 1. The van der Waals surface area contributed by atoms with E-state index in [2.05, 4.69) is 48.8 Å². The number of rotatable bonds is 2. The fraction of sp³-hybridized carbons (Fsp3) is 0.625. The van der Waals surface area contributed by atoms with Gasteiger partial charge in [-0.3, -0.25) is 4.98 Å². The third kappa shape index (κ3) is 5.08. The Morgan fingerprint density at radius 1 is 1.36 bits per heavy atom. The Hall–Kier alpha value is -0.370. The zero-order valence-corrected chi connectivity index (χ0v) is 16.9. The number of aromatic nitrogens is 1. The molecule has 1 amide bonds. The number of ether oxygens (including phenoxy) is 1. The van der Waals surface area contributed by atoms with Gasteiger partial charge in [-0.15, -0.1) is 0 Å². The number of halogens is 2. The number of alkyl carbamates (subject to hydrolysis) is 1. The second kappa shape index (κ2) is 7.47. The van der Waals surface area contributed by atoms with Gasteiger partial charge in [0, 0.05) is 21.7 Å². The van der Waals surface area contributed by atoms with Gasteiger partial charge in [0.1, 0.15) is 5.60 Å². The molecule has 0 radical (unpaired) electrons. The average molecular weight is 481 g/mol. The maximum absolute atomic E-state index is 11.8. The molecular formula is C16H22BrIN2O2. The summed E-state index contributed by atoms with van der Waals surface area (Å²) >= 11 is 5.96. The first-order valence-electron chi connectivity index (χ1n) is 7.55. The Labute approximate surface area is 154 Å². The van der Waals surface area contributed by atoms with Gasteiger partial charge in [-0.1, -0.05) is 0 Å². The minimum atomic E-state index is -0.448. The number of nitrogens with zero attached hydrogens (tertiary/aromatic N) is 1. The number of amides is 1. The number of carbonyl (C=O) groups is 1. The first-order chi connectivity index (χ1) is 10.3. The Morgan fingerprint density at radius 3 is 2.59 bits per heavy atom. The summed E-state index contributed by atoms with van der Waals surface area (Å²) in [6.07, 6.45) is 5.54. The minimum Gasteiger partial charge on any atom is -0.444 e. The van der Waals surface area contributed by atoms with Gasteiger partial charge in [0.2, 0.25) is 0 Å². The number of carbonyl (C=O) groups excluding carboxylic acids is 1. The molecule has 1 aliphatic carbocycles. The molecule has 122 valence electrons. The molecule has 0 spiro atoms. The molecule has 1 saturated carbocycles. The highest BCUT2D eigenvalue weighted by atomic mass is 127. The predicted octanol–water partition coefficient (Wildman–Crippen LogP) is 5.00. The summed E-state index contributed by atoms with van der Waals surface area (Å²) in [4.78, 5) is 16.4. The summed E-state index contributed by atoms with van der Waals surface area (Å²) in [5, 5.41) is 2.98. The Kier molecular flexibility index (Phi) is 6.10. The summed E-state index contributed by atoms with van der Waals surface area (Å²) in [6, 6.07) is 2.21. The van der Waals surface area contributed by atoms with Crippen molar-refractivity contribution in [1.82, 2.24) is 10.3 Å². The molecule has 0 bridgehead atoms. The van der Waals surface area contributed by atoms with Crippen molar-refractivity contribution in [3.63, 3.8) is 0 Å². The van der Waals surface area contributed by atoms with E-state index in [1.54, 1.807) is 0 Å². The van der Waals surface area contributed by atoms with Crippen LogP contribution < -0.4 is 5.32 Å². The molecule has 0 atom stereocenters. The Morgan fingerprint density at radius 2 is 2.00 bits per heavy atom. The fourth-order valence-electron chi connectivity index (χ4n) is 2.71. The average Bonchev–Trinajstić information content (AvgIpc) is 2.41. The van der Waals surface area contributed by atoms with Gasteiger partial charge < -0.3 is 10.1 Å². The van der Waals surface area contributed by atoms with E-state index >= 15 is 0 Å². The van der Waals surface area contributed by atoms with E-state index in [0.717, 1.165) is 35.8 Å². The fourth-order valence-corrected chi connectivity index (χ4v) is 3.70. The van der Waals surface area contributed by atoms with E-state index in [4.69, 9.17) is 4.74 Å². The van der Waals surface area contributed by atoms with Gasteiger partial charge in [0.15, 0.2) is 0 Å². The van der Waals surface area contributed by atoms with Crippen molar-refractivity contribution in [2.45, 2.75) is 64.0 Å². The van der Waals surface area contributed by atoms with Crippen molar-refractivity contribution in [2.24, 2.45) is 0 Å². The van der Waals surface area contributed by atoms with Crippen LogP contribution in [-0.4, -0.2) is 22.7 Å². The second-order valence-electron chi connectivity index (χ2n) is 6.69. The van der Waals surface area contributed by atoms with Crippen molar-refractivity contribution in [3.05, 3.63) is 26.0 Å². The van der Waals surface area contributed by atoms with Crippen LogP contribution in [0.5, 0.6) is 0 Å². The number of hydrogen-bond acceptors (Lipinski definition) is 3. The van der Waals surface area contributed by atoms with E-state index in [1.165, 1.54) is 3.57 Å². The van der Waals surface area contributed by atoms with Gasteiger partial charge in [0.25, 0.3) is 0 Å². The molecule has 2 rings (SSSR count). The third-order valence-electron chi connectivity index (χ3n) is 3.70. The van der Waals surface area contributed by atoms with E-state index < -0.39 is 5.60 Å². The molecule has 1 heterocycles. The van der Waals surface area contributed by atoms with E-state index in [1.807, 2.05) is 33.0 Å². The van der Waals surface area contributed by atoms with Crippen LogP contribution in [0, 0.1) is 3.57 Å². The molecule has 0 aromatic carbocycles. The van der Waals surface area contributed by atoms with Gasteiger partial charge in [-0.05, 0) is 91.0 Å². The summed E-state index contributed by atoms with van der Waals surface area (Å²) in [7, 11) is 0. The van der Waals surface area contributed by atoms with Gasteiger partial charge >= 0.3 is 6.09 Å². The van der Waals surface area contributed by atoms with Crippen molar-refractivity contribution in [2.75, 3.05) is 0 Å². The van der Waals surface area contributed by atoms with E-state index in [0.29, 0.717) is 5.92 Å². The maximum Gasteiger partial charge on any atom is 0.407 e. The van der Waals surface area contributed by atoms with Crippen LogP contribution in [0.1, 0.15) is 58.1 Å². The van der Waals surface area contributed by atoms with Crippen molar-refractivity contribution in [1.29, 1.82) is 0 Å². The predicted molar refractivity (Wildman–Crippen MR) is 99.0 cm³/mol. The smallest absolute Gasteiger partial charge is 0.407 e. The molecule has 1 aromatic heterocycles. The highest BCUT2D eigenvalue weighted by Gasteiger charge is 2.27. The monoisotopic (exact) mass is 480 g/mol. The SMILES string of the molecule is CC(C)(C)OC(=O)NC1CCC(c2nccc(I)c2Br)CC1. The quantitative estimate of drug-likeness (QED) is 0.606. The first-order valence-corrected chi connectivity index (χ1v) is 9.43. The van der Waals surface area contributed by atoms with E-state index in [-0.39, 0.29) is 12.1 Å². The molecule has 6 heteroatoms. The molecule has 0 aliphatic heterocycles. The lowest BCUT2D eigenvalue weighted by Crippen LogP contribution is -2.40. The Bertz CT molecular complexity index is 537. The zero-order valence-electron chi connectivity index (χ0n) is 13.2. The Balaban J connectivity index is 1.88. The minimum absolute atomic E-state index is 0.202. The first kappa shape index (κ1) is 18.0. The molecule has 0 unspecified atom stereocenters. The molecule has 1 N–H and O–H groups in total. The summed E-state index contributed by atoms with van der Waals surface area (Å²) in [6.45, 7) is 5.64. The largest absolute Gasteiger partial charge is 0.444 e. The highest BCUT2D eigenvalue weighted by molar-refractivity contribution is 14.1. The highest BCUT2D eigenvalue weighted by Crippen LogP contribution is 2.36. The van der Waals surface area contributed by atoms with Crippen molar-refractivity contribution < 1.29 is 9.53 Å². The molecule has 1 aliphatic rings. The van der Waals surface area contributed by atoms with Crippen LogP contribution in [0.15, 0.2) is 16.7 Å². The standard InChI is InChI=1S/C16H22BrIN2O2/c1-16(2,3)22-15(21)20-11-6-4-10(5-7-11)14-13(17)12(18)8-9-19-14/h8-11H,4-7H2,1-3H3,(H,20,21). The summed E-state index contributed by atoms with van der Waals surface area (Å²) in [5.74, 6) is 0.459. The maximum atomic E-state index is 11.8. The number of hydrogen-bond donors (Lipinski definition) is 1. The molecular weight excluding hydrogens is 459 g/mol. The topological polar surface area (TPSA) is 51.2 Å². The third-order valence-corrected chi connectivity index (χ3v) is 6.18. The van der Waals surface area contributed by atoms with E-state index in [9.17, 15) is 4.79 Å². The van der Waals surface area contributed by atoms with Crippen molar-refractivity contribution in [3.8, 4) is 0 Å². The van der Waals surface area contributed by atoms with Crippen LogP contribution in [0.4, 0.5) is 4.79 Å². The summed E-state index contributed by atoms with van der Waals surface area (Å²) < 4.78 is 7.62. The molecule has 22 heavy (non-hydrogen) atoms. The zero-order chi connectivity index (χ0) is 16.3. The van der Waals surface area contributed by atoms with Crippen LogP contribution in [0.2, 0.25) is 0 Å². The van der Waals surface area contributed by atoms with Crippen molar-refractivity contribution >= 4 is 44.6 Å². The molecule has 1 aromatic rings. The lowest BCUT2D eigenvalue weighted by atomic mass is 9.84. The van der Waals surface area contributed by atoms with Crippen LogP contribution in [0.25, 0.3) is 0 Å². The number of nitrogens with one attached hydrogen (secondary N) is 1. The van der Waals surface area contributed by atoms with Gasteiger partial charge in [-0.25, -0.2) is 4.79 Å². The lowest BCUT2D eigenvalue weighted by Gasteiger charge is -2.30.